The number of anilines is 1. The van der Waals surface area contributed by atoms with Crippen LogP contribution >= 0.6 is 11.6 Å². The zero-order chi connectivity index (χ0) is 31.4. The fourth-order valence-corrected chi connectivity index (χ4v) is 6.77. The van der Waals surface area contributed by atoms with Gasteiger partial charge in [-0.2, -0.15) is 13.2 Å². The molecule has 0 aliphatic heterocycles. The number of nitrogens with zero attached hydrogens (tertiary/aromatic N) is 2. The molecule has 2 amide bonds. The van der Waals surface area contributed by atoms with Gasteiger partial charge in [-0.15, -0.1) is 0 Å². The smallest absolute Gasteiger partial charge is 0.352 e. The summed E-state index contributed by atoms with van der Waals surface area (Å²) in [5.74, 6) is -1.19. The minimum Gasteiger partial charge on any atom is -0.352 e. The monoisotopic (exact) mass is 635 g/mol. The summed E-state index contributed by atoms with van der Waals surface area (Å²) >= 11 is 6.29. The molecule has 1 atom stereocenters. The van der Waals surface area contributed by atoms with Crippen LogP contribution in [0.25, 0.3) is 0 Å². The third kappa shape index (κ3) is 7.69. The lowest BCUT2D eigenvalue weighted by molar-refractivity contribution is -0.139. The summed E-state index contributed by atoms with van der Waals surface area (Å²) in [4.78, 5) is 28.4. The van der Waals surface area contributed by atoms with Crippen molar-refractivity contribution in [3.8, 4) is 0 Å². The highest BCUT2D eigenvalue weighted by Crippen LogP contribution is 2.37. The molecule has 1 fully saturated rings. The first-order valence-corrected chi connectivity index (χ1v) is 15.7. The quantitative estimate of drug-likeness (QED) is 0.282. The van der Waals surface area contributed by atoms with Crippen LogP contribution in [0, 0.1) is 6.92 Å². The van der Waals surface area contributed by atoms with E-state index in [1.807, 2.05) is 19.1 Å². The maximum Gasteiger partial charge on any atom is 0.416 e. The highest BCUT2D eigenvalue weighted by molar-refractivity contribution is 7.92. The molecule has 1 aliphatic carbocycles. The molecule has 1 N–H and O–H groups in total. The number of amides is 2. The first-order chi connectivity index (χ1) is 20.3. The molecule has 7 nitrogen and oxygen atoms in total. The van der Waals surface area contributed by atoms with E-state index >= 15 is 0 Å². The molecule has 0 aromatic heterocycles. The molecule has 230 valence electrons. The van der Waals surface area contributed by atoms with Crippen LogP contribution in [0.1, 0.15) is 49.3 Å². The van der Waals surface area contributed by atoms with Crippen LogP contribution in [0.5, 0.6) is 0 Å². The number of sulfonamides is 1. The summed E-state index contributed by atoms with van der Waals surface area (Å²) in [5.41, 5.74) is -0.0643. The number of nitrogens with one attached hydrogen (secondary N) is 1. The first-order valence-electron chi connectivity index (χ1n) is 13.9. The molecule has 12 heteroatoms. The van der Waals surface area contributed by atoms with Crippen molar-refractivity contribution in [3.63, 3.8) is 0 Å². The van der Waals surface area contributed by atoms with E-state index < -0.39 is 51.9 Å². The van der Waals surface area contributed by atoms with Crippen molar-refractivity contribution >= 4 is 39.1 Å². The summed E-state index contributed by atoms with van der Waals surface area (Å²) in [6.45, 7) is 2.47. The predicted octanol–water partition coefficient (Wildman–Crippen LogP) is 6.34. The summed E-state index contributed by atoms with van der Waals surface area (Å²) in [7, 11) is -4.58. The maximum absolute atomic E-state index is 14.1. The second-order valence-corrected chi connectivity index (χ2v) is 12.9. The fraction of sp³-hybridized carbons (Fsp3) is 0.355. The van der Waals surface area contributed by atoms with Gasteiger partial charge in [0.25, 0.3) is 10.0 Å². The van der Waals surface area contributed by atoms with Gasteiger partial charge in [-0.1, -0.05) is 66.9 Å². The molecule has 1 aliphatic rings. The van der Waals surface area contributed by atoms with Crippen LogP contribution in [-0.4, -0.2) is 43.8 Å². The topological polar surface area (TPSA) is 86.8 Å². The lowest BCUT2D eigenvalue weighted by atomic mass is 10.1. The van der Waals surface area contributed by atoms with Crippen molar-refractivity contribution in [3.05, 3.63) is 94.5 Å². The molecular formula is C31H33ClF3N3O4S. The average molecular weight is 636 g/mol. The van der Waals surface area contributed by atoms with Gasteiger partial charge in [0.15, 0.2) is 0 Å². The van der Waals surface area contributed by atoms with Gasteiger partial charge < -0.3 is 10.2 Å². The Bertz CT molecular complexity index is 1560. The SMILES string of the molecule is Cc1ccccc1CN(C(=O)CN(c1cc(C(F)(F)F)ccc1Cl)S(=O)(=O)c1ccccc1)[C@H](C)C(=O)NC1CCCC1. The van der Waals surface area contributed by atoms with Crippen molar-refractivity contribution in [2.45, 2.75) is 69.2 Å². The van der Waals surface area contributed by atoms with Gasteiger partial charge in [0.05, 0.1) is 21.2 Å². The fourth-order valence-electron chi connectivity index (χ4n) is 5.06. The highest BCUT2D eigenvalue weighted by Gasteiger charge is 2.36. The number of benzene rings is 3. The standard InChI is InChI=1S/C31H33ClF3N3O4S/c1-21-10-6-7-11-23(21)19-37(22(2)30(40)36-25-12-8-9-13-25)29(39)20-38(43(41,42)26-14-4-3-5-15-26)28-18-24(31(33,34)35)16-17-27(28)32/h3-7,10-11,14-18,22,25H,8-9,12-13,19-20H2,1-2H3,(H,36,40)/t22-/m1/s1. The van der Waals surface area contributed by atoms with Crippen LogP contribution in [0.15, 0.2) is 77.7 Å². The third-order valence-electron chi connectivity index (χ3n) is 7.62. The second kappa shape index (κ2) is 13.4. The van der Waals surface area contributed by atoms with Crippen LogP contribution in [0.4, 0.5) is 18.9 Å². The van der Waals surface area contributed by atoms with E-state index in [0.29, 0.717) is 10.4 Å². The highest BCUT2D eigenvalue weighted by atomic mass is 35.5. The molecule has 0 saturated heterocycles. The van der Waals surface area contributed by atoms with Crippen molar-refractivity contribution in [1.29, 1.82) is 0 Å². The van der Waals surface area contributed by atoms with Crippen molar-refractivity contribution in [2.24, 2.45) is 0 Å². The minimum absolute atomic E-state index is 0.0239. The molecule has 43 heavy (non-hydrogen) atoms. The number of aryl methyl sites for hydroxylation is 1. The zero-order valence-corrected chi connectivity index (χ0v) is 25.3. The molecule has 3 aromatic rings. The number of hydrogen-bond acceptors (Lipinski definition) is 4. The molecule has 0 spiro atoms. The first kappa shape index (κ1) is 32.3. The largest absolute Gasteiger partial charge is 0.416 e. The molecule has 0 radical (unpaired) electrons. The van der Waals surface area contributed by atoms with Crippen LogP contribution in [0.2, 0.25) is 5.02 Å². The Morgan fingerprint density at radius 1 is 1.00 bits per heavy atom. The van der Waals surface area contributed by atoms with Gasteiger partial charge in [-0.3, -0.25) is 13.9 Å². The van der Waals surface area contributed by atoms with Gasteiger partial charge in [0.1, 0.15) is 12.6 Å². The number of carbonyl (C=O) groups excluding carboxylic acids is 2. The van der Waals surface area contributed by atoms with Gasteiger partial charge in [0.2, 0.25) is 11.8 Å². The van der Waals surface area contributed by atoms with E-state index in [-0.39, 0.29) is 22.5 Å². The zero-order valence-electron chi connectivity index (χ0n) is 23.8. The summed E-state index contributed by atoms with van der Waals surface area (Å²) in [6.07, 6.45) is -1.19. The van der Waals surface area contributed by atoms with Crippen LogP contribution in [-0.2, 0) is 32.3 Å². The van der Waals surface area contributed by atoms with Gasteiger partial charge in [-0.05, 0) is 68.1 Å². The Hall–Kier alpha value is -3.57. The van der Waals surface area contributed by atoms with Gasteiger partial charge in [0, 0.05) is 12.6 Å². The Kier molecular flexibility index (Phi) is 10.1. The normalized spacial score (nSPS) is 14.7. The van der Waals surface area contributed by atoms with E-state index in [1.165, 1.54) is 29.2 Å². The van der Waals surface area contributed by atoms with E-state index in [2.05, 4.69) is 5.32 Å². The molecule has 3 aromatic carbocycles. The van der Waals surface area contributed by atoms with Crippen molar-refractivity contribution in [2.75, 3.05) is 10.8 Å². The lowest BCUT2D eigenvalue weighted by Crippen LogP contribution is -2.52. The van der Waals surface area contributed by atoms with E-state index in [4.69, 9.17) is 11.6 Å². The molecule has 4 rings (SSSR count). The minimum atomic E-state index is -4.80. The Balaban J connectivity index is 1.77. The number of alkyl halides is 3. The van der Waals surface area contributed by atoms with Crippen molar-refractivity contribution in [1.82, 2.24) is 10.2 Å². The van der Waals surface area contributed by atoms with Crippen LogP contribution in [0.3, 0.4) is 0 Å². The lowest BCUT2D eigenvalue weighted by Gasteiger charge is -2.33. The van der Waals surface area contributed by atoms with E-state index in [0.717, 1.165) is 48.9 Å². The Labute approximate surface area is 254 Å². The van der Waals surface area contributed by atoms with Crippen LogP contribution < -0.4 is 9.62 Å². The summed E-state index contributed by atoms with van der Waals surface area (Å²) in [6, 6.07) is 15.5. The third-order valence-corrected chi connectivity index (χ3v) is 9.72. The maximum atomic E-state index is 14.1. The second-order valence-electron chi connectivity index (χ2n) is 10.6. The Morgan fingerprint density at radius 3 is 2.26 bits per heavy atom. The van der Waals surface area contributed by atoms with Gasteiger partial charge in [-0.25, -0.2) is 8.42 Å². The Morgan fingerprint density at radius 2 is 1.63 bits per heavy atom. The molecule has 0 unspecified atom stereocenters. The predicted molar refractivity (Wildman–Crippen MR) is 159 cm³/mol. The van der Waals surface area contributed by atoms with Crippen molar-refractivity contribution < 1.29 is 31.2 Å². The number of hydrogen-bond donors (Lipinski definition) is 1. The van der Waals surface area contributed by atoms with E-state index in [1.54, 1.807) is 25.1 Å². The molecule has 0 bridgehead atoms. The molecule has 1 saturated carbocycles. The van der Waals surface area contributed by atoms with Gasteiger partial charge >= 0.3 is 6.18 Å². The summed E-state index contributed by atoms with van der Waals surface area (Å²) in [5, 5.41) is 2.68. The van der Waals surface area contributed by atoms with E-state index in [9.17, 15) is 31.2 Å². The number of rotatable bonds is 10. The molecular weight excluding hydrogens is 603 g/mol. The number of halogens is 4. The molecule has 0 heterocycles. The average Bonchev–Trinajstić information content (AvgIpc) is 3.48. The summed E-state index contributed by atoms with van der Waals surface area (Å²) < 4.78 is 69.4. The number of carbonyl (C=O) groups is 2.